The van der Waals surface area contributed by atoms with Crippen LogP contribution in [0.1, 0.15) is 15.9 Å². The van der Waals surface area contributed by atoms with Gasteiger partial charge in [0.2, 0.25) is 5.91 Å². The zero-order chi connectivity index (χ0) is 27.5. The van der Waals surface area contributed by atoms with Gasteiger partial charge in [-0.1, -0.05) is 30.3 Å². The second-order valence-corrected chi connectivity index (χ2v) is 9.26. The zero-order valence-corrected chi connectivity index (χ0v) is 21.9. The van der Waals surface area contributed by atoms with Crippen LogP contribution in [0, 0.1) is 0 Å². The van der Waals surface area contributed by atoms with Gasteiger partial charge in [-0.2, -0.15) is 0 Å². The summed E-state index contributed by atoms with van der Waals surface area (Å²) in [6.45, 7) is 0. The molecule has 0 aliphatic carbocycles. The number of hydrogen-bond acceptors (Lipinski definition) is 6. The van der Waals surface area contributed by atoms with Crippen LogP contribution in [0.15, 0.2) is 114 Å². The Labute approximate surface area is 230 Å². The Morgan fingerprint density at radius 3 is 2.38 bits per heavy atom. The van der Waals surface area contributed by atoms with Gasteiger partial charge in [0, 0.05) is 34.2 Å². The van der Waals surface area contributed by atoms with Crippen molar-refractivity contribution in [3.63, 3.8) is 0 Å². The monoisotopic (exact) mass is 538 g/mol. The molecular weight excluding hydrogens is 512 g/mol. The van der Waals surface area contributed by atoms with Crippen molar-refractivity contribution in [2.75, 3.05) is 23.5 Å². The summed E-state index contributed by atoms with van der Waals surface area (Å²) in [7, 11) is 1.58. The minimum absolute atomic E-state index is 0.0637. The number of benzene rings is 3. The van der Waals surface area contributed by atoms with Crippen LogP contribution in [-0.4, -0.2) is 35.6 Å². The van der Waals surface area contributed by atoms with Crippen molar-refractivity contribution in [3.8, 4) is 5.75 Å². The second-order valence-electron chi connectivity index (χ2n) is 8.21. The van der Waals surface area contributed by atoms with E-state index in [4.69, 9.17) is 4.74 Å². The molecule has 3 aromatic carbocycles. The third kappa shape index (κ3) is 8.31. The maximum atomic E-state index is 13.2. The molecule has 0 aliphatic heterocycles. The van der Waals surface area contributed by atoms with Crippen molar-refractivity contribution >= 4 is 46.9 Å². The van der Waals surface area contributed by atoms with E-state index in [2.05, 4.69) is 20.9 Å². The summed E-state index contributed by atoms with van der Waals surface area (Å²) in [6, 6.07) is 26.4. The number of aromatic nitrogens is 1. The van der Waals surface area contributed by atoms with Crippen molar-refractivity contribution < 1.29 is 19.1 Å². The molecule has 3 N–H and O–H groups in total. The molecular formula is C30H26N4O4S. The summed E-state index contributed by atoms with van der Waals surface area (Å²) < 4.78 is 5.13. The first-order valence-electron chi connectivity index (χ1n) is 12.0. The van der Waals surface area contributed by atoms with E-state index in [-0.39, 0.29) is 17.4 Å². The standard InChI is InChI=1S/C30H26N4O4S/c1-38-25-14-12-23(13-15-25)32-28(35)20-39-26-11-5-10-24(18-26)33-30(37)27(17-21-7-6-16-31-19-21)34-29(36)22-8-3-2-4-9-22/h2-19H,20H2,1H3,(H,32,35)(H,33,37)(H,34,36)/b27-17-. The van der Waals surface area contributed by atoms with Crippen LogP contribution in [0.25, 0.3) is 6.08 Å². The molecule has 1 aromatic heterocycles. The fourth-order valence-electron chi connectivity index (χ4n) is 3.45. The molecule has 4 rings (SSSR count). The molecule has 0 saturated carbocycles. The van der Waals surface area contributed by atoms with Gasteiger partial charge >= 0.3 is 0 Å². The van der Waals surface area contributed by atoms with Crippen LogP contribution >= 0.6 is 11.8 Å². The highest BCUT2D eigenvalue weighted by atomic mass is 32.2. The van der Waals surface area contributed by atoms with Gasteiger partial charge in [-0.3, -0.25) is 19.4 Å². The predicted molar refractivity (Wildman–Crippen MR) is 154 cm³/mol. The summed E-state index contributed by atoms with van der Waals surface area (Å²) in [5.74, 6) is -0.178. The third-order valence-corrected chi connectivity index (χ3v) is 6.35. The minimum atomic E-state index is -0.498. The number of thioether (sulfide) groups is 1. The molecule has 0 atom stereocenters. The molecule has 1 heterocycles. The van der Waals surface area contributed by atoms with E-state index in [1.165, 1.54) is 11.8 Å². The lowest BCUT2D eigenvalue weighted by molar-refractivity contribution is -0.114. The second kappa shape index (κ2) is 13.6. The molecule has 0 aliphatic rings. The number of nitrogens with one attached hydrogen (secondary N) is 3. The van der Waals surface area contributed by atoms with Crippen LogP contribution in [0.5, 0.6) is 5.75 Å². The van der Waals surface area contributed by atoms with Crippen molar-refractivity contribution in [3.05, 3.63) is 120 Å². The van der Waals surface area contributed by atoms with E-state index < -0.39 is 11.8 Å². The average Bonchev–Trinajstić information content (AvgIpc) is 2.97. The number of methoxy groups -OCH3 is 1. The van der Waals surface area contributed by atoms with Gasteiger partial charge in [0.15, 0.2) is 0 Å². The zero-order valence-electron chi connectivity index (χ0n) is 21.1. The quantitative estimate of drug-likeness (QED) is 0.188. The Kier molecular flexibility index (Phi) is 9.47. The number of rotatable bonds is 10. The number of ether oxygens (including phenoxy) is 1. The highest BCUT2D eigenvalue weighted by molar-refractivity contribution is 8.00. The van der Waals surface area contributed by atoms with Crippen molar-refractivity contribution in [1.29, 1.82) is 0 Å². The summed E-state index contributed by atoms with van der Waals surface area (Å²) in [5, 5.41) is 8.38. The van der Waals surface area contributed by atoms with Crippen LogP contribution in [0.2, 0.25) is 0 Å². The molecule has 196 valence electrons. The lowest BCUT2D eigenvalue weighted by Gasteiger charge is -2.12. The van der Waals surface area contributed by atoms with Crippen molar-refractivity contribution in [2.45, 2.75) is 4.90 Å². The largest absolute Gasteiger partial charge is 0.497 e. The topological polar surface area (TPSA) is 109 Å². The Hall–Kier alpha value is -4.89. The number of carbonyl (C=O) groups excluding carboxylic acids is 3. The third-order valence-electron chi connectivity index (χ3n) is 5.36. The first-order chi connectivity index (χ1) is 19.0. The smallest absolute Gasteiger partial charge is 0.272 e. The van der Waals surface area contributed by atoms with E-state index in [1.54, 1.807) is 104 Å². The molecule has 0 saturated heterocycles. The number of pyridine rings is 1. The van der Waals surface area contributed by atoms with Gasteiger partial charge in [0.25, 0.3) is 11.8 Å². The molecule has 0 unspecified atom stereocenters. The van der Waals surface area contributed by atoms with Crippen LogP contribution < -0.4 is 20.7 Å². The van der Waals surface area contributed by atoms with E-state index >= 15 is 0 Å². The average molecular weight is 539 g/mol. The van der Waals surface area contributed by atoms with E-state index in [0.717, 1.165) is 4.90 Å². The van der Waals surface area contributed by atoms with Crippen molar-refractivity contribution in [1.82, 2.24) is 10.3 Å². The van der Waals surface area contributed by atoms with E-state index in [1.807, 2.05) is 12.1 Å². The Balaban J connectivity index is 1.41. The first-order valence-corrected chi connectivity index (χ1v) is 12.9. The maximum absolute atomic E-state index is 13.2. The summed E-state index contributed by atoms with van der Waals surface area (Å²) >= 11 is 1.33. The molecule has 39 heavy (non-hydrogen) atoms. The van der Waals surface area contributed by atoms with Gasteiger partial charge in [-0.25, -0.2) is 0 Å². The number of amides is 3. The Bertz CT molecular complexity index is 1460. The fraction of sp³-hybridized carbons (Fsp3) is 0.0667. The summed E-state index contributed by atoms with van der Waals surface area (Å²) in [6.07, 6.45) is 4.78. The van der Waals surface area contributed by atoms with Crippen LogP contribution in [-0.2, 0) is 9.59 Å². The summed E-state index contributed by atoms with van der Waals surface area (Å²) in [5.41, 5.74) is 2.34. The minimum Gasteiger partial charge on any atom is -0.497 e. The van der Waals surface area contributed by atoms with E-state index in [9.17, 15) is 14.4 Å². The van der Waals surface area contributed by atoms with Crippen LogP contribution in [0.4, 0.5) is 11.4 Å². The molecule has 0 radical (unpaired) electrons. The van der Waals surface area contributed by atoms with Gasteiger partial charge in [0.1, 0.15) is 11.4 Å². The van der Waals surface area contributed by atoms with Gasteiger partial charge in [-0.15, -0.1) is 11.8 Å². The van der Waals surface area contributed by atoms with Gasteiger partial charge in [0.05, 0.1) is 12.9 Å². The molecule has 8 nitrogen and oxygen atoms in total. The number of nitrogens with zero attached hydrogens (tertiary/aromatic N) is 1. The molecule has 9 heteroatoms. The number of carbonyl (C=O) groups is 3. The lowest BCUT2D eigenvalue weighted by atomic mass is 10.2. The van der Waals surface area contributed by atoms with E-state index in [0.29, 0.717) is 28.3 Å². The number of hydrogen-bond donors (Lipinski definition) is 3. The SMILES string of the molecule is COc1ccc(NC(=O)CSc2cccc(NC(=O)/C(=C/c3cccnc3)NC(=O)c3ccccc3)c2)cc1. The molecule has 0 fully saturated rings. The Morgan fingerprint density at radius 2 is 1.67 bits per heavy atom. The predicted octanol–water partition coefficient (Wildman–Crippen LogP) is 5.23. The molecule has 0 bridgehead atoms. The lowest BCUT2D eigenvalue weighted by Crippen LogP contribution is -2.30. The van der Waals surface area contributed by atoms with Crippen molar-refractivity contribution in [2.24, 2.45) is 0 Å². The summed E-state index contributed by atoms with van der Waals surface area (Å²) in [4.78, 5) is 43.3. The van der Waals surface area contributed by atoms with Gasteiger partial charge < -0.3 is 20.7 Å². The molecule has 4 aromatic rings. The normalized spacial score (nSPS) is 10.8. The molecule has 3 amide bonds. The number of anilines is 2. The highest BCUT2D eigenvalue weighted by Gasteiger charge is 2.15. The van der Waals surface area contributed by atoms with Crippen LogP contribution in [0.3, 0.4) is 0 Å². The molecule has 0 spiro atoms. The van der Waals surface area contributed by atoms with Gasteiger partial charge in [-0.05, 0) is 72.3 Å². The Morgan fingerprint density at radius 1 is 0.872 bits per heavy atom. The fourth-order valence-corrected chi connectivity index (χ4v) is 4.21. The highest BCUT2D eigenvalue weighted by Crippen LogP contribution is 2.23. The maximum Gasteiger partial charge on any atom is 0.272 e. The first kappa shape index (κ1) is 27.2.